The minimum atomic E-state index is -0.847. The summed E-state index contributed by atoms with van der Waals surface area (Å²) in [5.41, 5.74) is 0. The Morgan fingerprint density at radius 3 is 2.72 bits per heavy atom. The molecule has 2 saturated heterocycles. The summed E-state index contributed by atoms with van der Waals surface area (Å²) in [5, 5.41) is 9.88. The Hall–Kier alpha value is -1.80. The van der Waals surface area contributed by atoms with Crippen LogP contribution in [0.1, 0.15) is 46.5 Å². The van der Waals surface area contributed by atoms with Gasteiger partial charge in [-0.2, -0.15) is 0 Å². The number of fused-ring (bicyclic) bond motifs is 2. The van der Waals surface area contributed by atoms with Gasteiger partial charge in [0.25, 0.3) is 0 Å². The lowest BCUT2D eigenvalue weighted by Crippen LogP contribution is -2.57. The van der Waals surface area contributed by atoms with Crippen LogP contribution in [0.15, 0.2) is 24.3 Å². The number of carbonyl (C=O) groups excluding carboxylic acids is 3. The number of nitrogens with zero attached hydrogens (tertiary/aromatic N) is 2. The highest BCUT2D eigenvalue weighted by Crippen LogP contribution is 2.61. The van der Waals surface area contributed by atoms with Crippen LogP contribution in [0.3, 0.4) is 0 Å². The van der Waals surface area contributed by atoms with Crippen LogP contribution < -0.4 is 0 Å². The summed E-state index contributed by atoms with van der Waals surface area (Å²) in [7, 11) is 0. The molecule has 2 fully saturated rings. The number of esters is 1. The molecule has 4 aliphatic rings. The van der Waals surface area contributed by atoms with Gasteiger partial charge in [0.15, 0.2) is 0 Å². The molecule has 0 bridgehead atoms. The highest BCUT2D eigenvalue weighted by atomic mass is 32.2. The van der Waals surface area contributed by atoms with Gasteiger partial charge < -0.3 is 19.6 Å². The molecule has 1 N–H and O–H groups in total. The van der Waals surface area contributed by atoms with E-state index in [0.29, 0.717) is 26.0 Å². The van der Waals surface area contributed by atoms with E-state index in [1.54, 1.807) is 16.7 Å². The zero-order valence-corrected chi connectivity index (χ0v) is 19.9. The molecule has 0 aliphatic carbocycles. The van der Waals surface area contributed by atoms with E-state index in [2.05, 4.69) is 6.92 Å². The Kier molecular flexibility index (Phi) is 6.73. The number of ether oxygens (including phenoxy) is 1. The van der Waals surface area contributed by atoms with Gasteiger partial charge in [-0.25, -0.2) is 0 Å². The number of aliphatic hydroxyl groups is 1. The molecular weight excluding hydrogens is 428 g/mol. The molecule has 4 heterocycles. The maximum atomic E-state index is 14.1. The van der Waals surface area contributed by atoms with Gasteiger partial charge in [-0.3, -0.25) is 14.4 Å². The first-order valence-corrected chi connectivity index (χ1v) is 12.7. The van der Waals surface area contributed by atoms with Crippen LogP contribution in [0, 0.1) is 11.8 Å². The fourth-order valence-electron chi connectivity index (χ4n) is 5.84. The minimum Gasteiger partial charge on any atom is -0.465 e. The molecule has 0 aromatic carbocycles. The van der Waals surface area contributed by atoms with Gasteiger partial charge >= 0.3 is 5.97 Å². The summed E-state index contributed by atoms with van der Waals surface area (Å²) in [6.45, 7) is 6.62. The standard InChI is InChI=1S/C24H34N2O5S/c1-4-9-15(3)25-12-8-11-24-19(18-17(32-24)10-6-7-13-31-23(18)30)21(28)26(16(5-2)14-27)20(24)22(25)29/h6,8,10-11,15-20,27H,4-5,7,9,12-14H2,1-3H3/t15?,16-,17-,18+,19-,20?,24-/m0/s1. The smallest absolute Gasteiger partial charge is 0.311 e. The molecule has 2 amide bonds. The number of carbonyl (C=O) groups is 3. The number of hydrogen-bond acceptors (Lipinski definition) is 6. The van der Waals surface area contributed by atoms with Gasteiger partial charge in [-0.05, 0) is 26.2 Å². The maximum absolute atomic E-state index is 14.1. The topological polar surface area (TPSA) is 87.2 Å². The molecule has 8 heteroatoms. The Bertz CT molecular complexity index is 825. The Balaban J connectivity index is 1.84. The van der Waals surface area contributed by atoms with Gasteiger partial charge in [0, 0.05) is 17.8 Å². The molecule has 2 unspecified atom stereocenters. The zero-order valence-electron chi connectivity index (χ0n) is 19.1. The quantitative estimate of drug-likeness (QED) is 0.481. The van der Waals surface area contributed by atoms with Gasteiger partial charge in [0.05, 0.1) is 35.8 Å². The summed E-state index contributed by atoms with van der Waals surface area (Å²) in [6, 6.07) is -1.16. The number of aliphatic hydroxyl groups excluding tert-OH is 1. The molecule has 176 valence electrons. The molecule has 4 rings (SSSR count). The molecule has 1 spiro atoms. The van der Waals surface area contributed by atoms with Crippen LogP contribution in [0.25, 0.3) is 0 Å². The number of hydrogen-bond donors (Lipinski definition) is 1. The van der Waals surface area contributed by atoms with Crippen molar-refractivity contribution in [3.05, 3.63) is 24.3 Å². The fourth-order valence-corrected chi connectivity index (χ4v) is 7.83. The van der Waals surface area contributed by atoms with Crippen LogP contribution in [-0.4, -0.2) is 80.6 Å². The average Bonchev–Trinajstić information content (AvgIpc) is 3.14. The summed E-state index contributed by atoms with van der Waals surface area (Å²) in [5.74, 6) is -1.98. The lowest BCUT2D eigenvalue weighted by molar-refractivity contribution is -0.153. The van der Waals surface area contributed by atoms with Crippen molar-refractivity contribution in [2.45, 2.75) is 74.6 Å². The SMILES string of the molecule is CCCC(C)N1CC=C[C@]23S[C@H]4C=CCCOC(=O)[C@H]4[C@H]2C(=O)N([C@@H](CC)CO)C3C1=O. The van der Waals surface area contributed by atoms with E-state index >= 15 is 0 Å². The zero-order chi connectivity index (χ0) is 23.0. The van der Waals surface area contributed by atoms with Crippen molar-refractivity contribution in [1.29, 1.82) is 0 Å². The molecule has 4 aliphatic heterocycles. The van der Waals surface area contributed by atoms with Gasteiger partial charge in [-0.1, -0.05) is 44.6 Å². The Labute approximate surface area is 194 Å². The van der Waals surface area contributed by atoms with Gasteiger partial charge in [0.2, 0.25) is 11.8 Å². The van der Waals surface area contributed by atoms with Crippen LogP contribution in [-0.2, 0) is 19.1 Å². The average molecular weight is 463 g/mol. The van der Waals surface area contributed by atoms with E-state index in [1.165, 1.54) is 0 Å². The highest BCUT2D eigenvalue weighted by Gasteiger charge is 2.71. The summed E-state index contributed by atoms with van der Waals surface area (Å²) >= 11 is 1.55. The van der Waals surface area contributed by atoms with E-state index in [1.807, 2.05) is 43.1 Å². The van der Waals surface area contributed by atoms with Crippen molar-refractivity contribution < 1.29 is 24.2 Å². The van der Waals surface area contributed by atoms with E-state index in [0.717, 1.165) is 12.8 Å². The van der Waals surface area contributed by atoms with E-state index < -0.39 is 28.7 Å². The van der Waals surface area contributed by atoms with Crippen LogP contribution in [0.2, 0.25) is 0 Å². The lowest BCUT2D eigenvalue weighted by Gasteiger charge is -2.39. The summed E-state index contributed by atoms with van der Waals surface area (Å²) in [6.07, 6.45) is 11.0. The first-order valence-electron chi connectivity index (χ1n) is 11.8. The fraction of sp³-hybridized carbons (Fsp3) is 0.708. The molecule has 0 radical (unpaired) electrons. The number of thioether (sulfide) groups is 1. The molecule has 7 nitrogen and oxygen atoms in total. The number of rotatable bonds is 6. The molecule has 0 aromatic heterocycles. The van der Waals surface area contributed by atoms with Crippen LogP contribution in [0.5, 0.6) is 0 Å². The van der Waals surface area contributed by atoms with E-state index in [-0.39, 0.29) is 35.7 Å². The second-order valence-electron chi connectivity index (χ2n) is 9.25. The van der Waals surface area contributed by atoms with Crippen LogP contribution in [0.4, 0.5) is 0 Å². The van der Waals surface area contributed by atoms with E-state index in [4.69, 9.17) is 4.74 Å². The maximum Gasteiger partial charge on any atom is 0.311 e. The third-order valence-electron chi connectivity index (χ3n) is 7.40. The molecule has 32 heavy (non-hydrogen) atoms. The Morgan fingerprint density at radius 2 is 2.03 bits per heavy atom. The number of cyclic esters (lactones) is 1. The van der Waals surface area contributed by atoms with Crippen molar-refractivity contribution >= 4 is 29.5 Å². The highest BCUT2D eigenvalue weighted by molar-refractivity contribution is 8.02. The van der Waals surface area contributed by atoms with Crippen LogP contribution >= 0.6 is 11.8 Å². The number of amides is 2. The number of likely N-dealkylation sites (tertiary alicyclic amines) is 1. The third kappa shape index (κ3) is 3.50. The molecule has 7 atom stereocenters. The molecule has 0 saturated carbocycles. The van der Waals surface area contributed by atoms with E-state index in [9.17, 15) is 19.5 Å². The molecule has 0 aromatic rings. The Morgan fingerprint density at radius 1 is 1.25 bits per heavy atom. The summed E-state index contributed by atoms with van der Waals surface area (Å²) < 4.78 is 4.64. The predicted octanol–water partition coefficient (Wildman–Crippen LogP) is 2.14. The van der Waals surface area contributed by atoms with Crippen molar-refractivity contribution in [3.63, 3.8) is 0 Å². The first-order chi connectivity index (χ1) is 15.4. The minimum absolute atomic E-state index is 0.0439. The second-order valence-corrected chi connectivity index (χ2v) is 10.7. The second kappa shape index (κ2) is 9.21. The predicted molar refractivity (Wildman–Crippen MR) is 123 cm³/mol. The lowest BCUT2D eigenvalue weighted by atomic mass is 9.78. The third-order valence-corrected chi connectivity index (χ3v) is 9.15. The van der Waals surface area contributed by atoms with Crippen molar-refractivity contribution in [2.75, 3.05) is 19.8 Å². The van der Waals surface area contributed by atoms with Crippen molar-refractivity contribution in [2.24, 2.45) is 11.8 Å². The monoisotopic (exact) mass is 462 g/mol. The van der Waals surface area contributed by atoms with Gasteiger partial charge in [-0.15, -0.1) is 11.8 Å². The first kappa shape index (κ1) is 23.4. The largest absolute Gasteiger partial charge is 0.465 e. The van der Waals surface area contributed by atoms with Gasteiger partial charge in [0.1, 0.15) is 6.04 Å². The summed E-state index contributed by atoms with van der Waals surface area (Å²) in [4.78, 5) is 44.5. The van der Waals surface area contributed by atoms with Crippen molar-refractivity contribution in [3.8, 4) is 0 Å². The van der Waals surface area contributed by atoms with Crippen molar-refractivity contribution in [1.82, 2.24) is 9.80 Å². The molecular formula is C24H34N2O5S. The normalized spacial score (nSPS) is 36.1.